The molecule has 3 aromatic rings. The lowest BCUT2D eigenvalue weighted by Crippen LogP contribution is -2.52. The first-order valence-electron chi connectivity index (χ1n) is 12.3. The number of likely N-dealkylation sites (N-methyl/N-ethyl adjacent to an activating group) is 1. The van der Waals surface area contributed by atoms with Crippen molar-refractivity contribution in [3.8, 4) is 0 Å². The SMILES string of the molecule is Cc1nc(NCc2cnn(Cc3cc(C(F)(F)F)nn3C)c2)nc2c1CC(=O)C([C@H](C)OC(C)(C)C)N2C. The Bertz CT molecular complexity index is 1330. The minimum absolute atomic E-state index is 0.0624. The summed E-state index contributed by atoms with van der Waals surface area (Å²) in [5.41, 5.74) is 1.37. The quantitative estimate of drug-likeness (QED) is 0.491. The van der Waals surface area contributed by atoms with E-state index in [0.29, 0.717) is 29.7 Å². The molecule has 13 heteroatoms. The number of alkyl halides is 3. The normalized spacial score (nSPS) is 17.1. The Morgan fingerprint density at radius 3 is 2.55 bits per heavy atom. The molecule has 206 valence electrons. The van der Waals surface area contributed by atoms with Gasteiger partial charge in [0.1, 0.15) is 11.9 Å². The summed E-state index contributed by atoms with van der Waals surface area (Å²) < 4.78 is 47.7. The number of rotatable bonds is 7. The third kappa shape index (κ3) is 5.98. The molecular weight excluding hydrogens is 501 g/mol. The molecule has 1 aliphatic rings. The van der Waals surface area contributed by atoms with Gasteiger partial charge in [-0.05, 0) is 40.7 Å². The Labute approximate surface area is 219 Å². The molecule has 0 aliphatic carbocycles. The molecule has 4 heterocycles. The summed E-state index contributed by atoms with van der Waals surface area (Å²) in [4.78, 5) is 24.1. The summed E-state index contributed by atoms with van der Waals surface area (Å²) in [5, 5.41) is 11.0. The highest BCUT2D eigenvalue weighted by Crippen LogP contribution is 2.32. The van der Waals surface area contributed by atoms with Crippen LogP contribution in [0.15, 0.2) is 18.5 Å². The van der Waals surface area contributed by atoms with Crippen LogP contribution in [0.4, 0.5) is 24.9 Å². The zero-order chi connectivity index (χ0) is 28.0. The van der Waals surface area contributed by atoms with Gasteiger partial charge in [0.15, 0.2) is 11.5 Å². The summed E-state index contributed by atoms with van der Waals surface area (Å²) in [5.74, 6) is 1.15. The van der Waals surface area contributed by atoms with Crippen molar-refractivity contribution in [2.75, 3.05) is 17.3 Å². The number of nitrogens with one attached hydrogen (secondary N) is 1. The number of Topliss-reactive ketones (excluding diaryl/α,β-unsaturated/α-hetero) is 1. The Balaban J connectivity index is 1.46. The molecule has 10 nitrogen and oxygen atoms in total. The average Bonchev–Trinajstić information content (AvgIpc) is 3.38. The van der Waals surface area contributed by atoms with Gasteiger partial charge in [-0.25, -0.2) is 4.98 Å². The maximum atomic E-state index is 13.0. The second-order valence-corrected chi connectivity index (χ2v) is 10.6. The molecule has 1 N–H and O–H groups in total. The summed E-state index contributed by atoms with van der Waals surface area (Å²) in [6.45, 7) is 10.1. The van der Waals surface area contributed by atoms with Crippen molar-refractivity contribution in [3.63, 3.8) is 0 Å². The number of hydrogen-bond acceptors (Lipinski definition) is 8. The Hall–Kier alpha value is -3.48. The van der Waals surface area contributed by atoms with Crippen LogP contribution in [0.5, 0.6) is 0 Å². The zero-order valence-electron chi connectivity index (χ0n) is 22.6. The number of aryl methyl sites for hydroxylation is 2. The fraction of sp³-hybridized carbons (Fsp3) is 0.560. The van der Waals surface area contributed by atoms with E-state index >= 15 is 0 Å². The molecule has 0 spiro atoms. The van der Waals surface area contributed by atoms with Gasteiger partial charge in [0.2, 0.25) is 5.95 Å². The molecule has 0 fully saturated rings. The molecular formula is C25H33F3N8O2. The van der Waals surface area contributed by atoms with Gasteiger partial charge in [-0.1, -0.05) is 0 Å². The maximum Gasteiger partial charge on any atom is 0.435 e. The van der Waals surface area contributed by atoms with Crippen molar-refractivity contribution in [1.82, 2.24) is 29.5 Å². The lowest BCUT2D eigenvalue weighted by Gasteiger charge is -2.39. The fourth-order valence-electron chi connectivity index (χ4n) is 4.71. The van der Waals surface area contributed by atoms with Gasteiger partial charge < -0.3 is 15.0 Å². The van der Waals surface area contributed by atoms with E-state index in [2.05, 4.69) is 20.5 Å². The molecule has 38 heavy (non-hydrogen) atoms. The van der Waals surface area contributed by atoms with Gasteiger partial charge >= 0.3 is 6.18 Å². The Morgan fingerprint density at radius 1 is 1.21 bits per heavy atom. The summed E-state index contributed by atoms with van der Waals surface area (Å²) in [7, 11) is 3.31. The molecule has 0 aromatic carbocycles. The monoisotopic (exact) mass is 534 g/mol. The Morgan fingerprint density at radius 2 is 1.92 bits per heavy atom. The lowest BCUT2D eigenvalue weighted by atomic mass is 9.93. The van der Waals surface area contributed by atoms with Crippen LogP contribution in [-0.4, -0.2) is 60.1 Å². The third-order valence-corrected chi connectivity index (χ3v) is 6.34. The number of fused-ring (bicyclic) bond motifs is 1. The van der Waals surface area contributed by atoms with Crippen molar-refractivity contribution in [2.45, 2.75) is 78.1 Å². The van der Waals surface area contributed by atoms with Crippen LogP contribution < -0.4 is 10.2 Å². The van der Waals surface area contributed by atoms with Crippen molar-refractivity contribution in [3.05, 3.63) is 46.7 Å². The van der Waals surface area contributed by atoms with Gasteiger partial charge in [0.25, 0.3) is 0 Å². The molecule has 0 radical (unpaired) electrons. The van der Waals surface area contributed by atoms with Crippen LogP contribution in [0.1, 0.15) is 55.9 Å². The van der Waals surface area contributed by atoms with E-state index in [-0.39, 0.29) is 24.9 Å². The van der Waals surface area contributed by atoms with Crippen LogP contribution in [0.25, 0.3) is 0 Å². The molecule has 0 bridgehead atoms. The van der Waals surface area contributed by atoms with E-state index in [1.165, 1.54) is 11.7 Å². The molecule has 0 saturated heterocycles. The van der Waals surface area contributed by atoms with Crippen LogP contribution in [0.3, 0.4) is 0 Å². The standard InChI is InChI=1S/C25H33F3N8O2/c1-14-18-9-19(37)21(15(2)38-24(3,4)5)34(6)22(18)32-23(31-14)29-10-16-11-30-36(12-16)13-17-8-20(25(26,27)28)33-35(17)7/h8,11-12,15,21H,9-10,13H2,1-7H3,(H,29,31,32)/t15-,21?/m0/s1. The smallest absolute Gasteiger partial charge is 0.370 e. The molecule has 3 aromatic heterocycles. The van der Waals surface area contributed by atoms with Crippen molar-refractivity contribution in [1.29, 1.82) is 0 Å². The predicted molar refractivity (Wildman–Crippen MR) is 135 cm³/mol. The number of nitrogens with zero attached hydrogens (tertiary/aromatic N) is 7. The number of carbonyl (C=O) groups is 1. The number of anilines is 2. The maximum absolute atomic E-state index is 13.0. The van der Waals surface area contributed by atoms with Gasteiger partial charge in [-0.3, -0.25) is 14.2 Å². The van der Waals surface area contributed by atoms with Crippen molar-refractivity contribution >= 4 is 17.5 Å². The second-order valence-electron chi connectivity index (χ2n) is 10.6. The second kappa shape index (κ2) is 10.0. The van der Waals surface area contributed by atoms with E-state index in [1.807, 2.05) is 46.6 Å². The largest absolute Gasteiger partial charge is 0.435 e. The molecule has 1 aliphatic heterocycles. The highest BCUT2D eigenvalue weighted by Gasteiger charge is 2.39. The summed E-state index contributed by atoms with van der Waals surface area (Å²) in [6, 6.07) is 0.553. The highest BCUT2D eigenvalue weighted by atomic mass is 19.4. The number of ketones is 1. The third-order valence-electron chi connectivity index (χ3n) is 6.34. The minimum atomic E-state index is -4.50. The van der Waals surface area contributed by atoms with Gasteiger partial charge in [-0.2, -0.15) is 28.4 Å². The van der Waals surface area contributed by atoms with Crippen molar-refractivity contribution in [2.24, 2.45) is 7.05 Å². The molecule has 2 atom stereocenters. The number of aromatic nitrogens is 6. The number of carbonyl (C=O) groups excluding carboxylic acids is 1. The highest BCUT2D eigenvalue weighted by molar-refractivity contribution is 5.93. The Kier molecular flexibility index (Phi) is 7.26. The van der Waals surface area contributed by atoms with Crippen molar-refractivity contribution < 1.29 is 22.7 Å². The topological polar surface area (TPSA) is 103 Å². The van der Waals surface area contributed by atoms with Crippen LogP contribution >= 0.6 is 0 Å². The predicted octanol–water partition coefficient (Wildman–Crippen LogP) is 3.53. The van der Waals surface area contributed by atoms with E-state index in [0.717, 1.165) is 17.2 Å². The first-order chi connectivity index (χ1) is 17.6. The number of halogens is 3. The van der Waals surface area contributed by atoms with E-state index in [9.17, 15) is 18.0 Å². The van der Waals surface area contributed by atoms with E-state index in [4.69, 9.17) is 9.72 Å². The molecule has 4 rings (SSSR count). The van der Waals surface area contributed by atoms with Gasteiger partial charge in [0, 0.05) is 50.1 Å². The number of ether oxygens (including phenoxy) is 1. The number of hydrogen-bond donors (Lipinski definition) is 1. The van der Waals surface area contributed by atoms with Gasteiger partial charge in [-0.15, -0.1) is 0 Å². The van der Waals surface area contributed by atoms with E-state index < -0.39 is 23.5 Å². The average molecular weight is 535 g/mol. The lowest BCUT2D eigenvalue weighted by molar-refractivity contribution is -0.141. The zero-order valence-corrected chi connectivity index (χ0v) is 22.6. The van der Waals surface area contributed by atoms with Gasteiger partial charge in [0.05, 0.1) is 30.1 Å². The van der Waals surface area contributed by atoms with Crippen LogP contribution in [0.2, 0.25) is 0 Å². The summed E-state index contributed by atoms with van der Waals surface area (Å²) >= 11 is 0. The summed E-state index contributed by atoms with van der Waals surface area (Å²) in [6.07, 6.45) is -1.21. The van der Waals surface area contributed by atoms with Crippen LogP contribution in [-0.2, 0) is 42.3 Å². The fourth-order valence-corrected chi connectivity index (χ4v) is 4.71. The van der Waals surface area contributed by atoms with E-state index in [1.54, 1.807) is 17.1 Å². The molecule has 1 unspecified atom stereocenters. The minimum Gasteiger partial charge on any atom is -0.370 e. The first kappa shape index (κ1) is 27.6. The van der Waals surface area contributed by atoms with Crippen LogP contribution in [0, 0.1) is 6.92 Å². The molecule has 0 amide bonds. The molecule has 0 saturated carbocycles. The first-order valence-corrected chi connectivity index (χ1v) is 12.3.